The van der Waals surface area contributed by atoms with Gasteiger partial charge in [-0.25, -0.2) is 24.6 Å². The van der Waals surface area contributed by atoms with Crippen LogP contribution in [0.4, 0.5) is 14.6 Å². The largest absolute Gasteiger partial charge is 0.348 e. The highest BCUT2D eigenvalue weighted by atomic mass is 19.3. The van der Waals surface area contributed by atoms with Gasteiger partial charge in [0.15, 0.2) is 0 Å². The summed E-state index contributed by atoms with van der Waals surface area (Å²) < 4.78 is 26.8. The number of rotatable bonds is 4. The van der Waals surface area contributed by atoms with Crippen molar-refractivity contribution in [3.63, 3.8) is 0 Å². The number of H-pyrrole nitrogens is 1. The van der Waals surface area contributed by atoms with Gasteiger partial charge in [-0.15, -0.1) is 0 Å². The fourth-order valence-electron chi connectivity index (χ4n) is 3.58. The van der Waals surface area contributed by atoms with Crippen LogP contribution in [0.25, 0.3) is 0 Å². The minimum absolute atomic E-state index is 0.0811. The van der Waals surface area contributed by atoms with Gasteiger partial charge in [-0.3, -0.25) is 5.01 Å². The number of hydrazine groups is 1. The molecule has 4 rings (SSSR count). The van der Waals surface area contributed by atoms with Crippen molar-refractivity contribution in [1.82, 2.24) is 20.0 Å². The molecule has 0 amide bonds. The quantitative estimate of drug-likeness (QED) is 0.809. The predicted octanol–water partition coefficient (Wildman–Crippen LogP) is 3.08. The SMILES string of the molecule is NN1C=CC=C(C(F)F)/C1=C/C[C@H]1c2nc[nH]c2CCN1c1ccccn1. The van der Waals surface area contributed by atoms with E-state index < -0.39 is 6.43 Å². The minimum Gasteiger partial charge on any atom is -0.348 e. The zero-order chi connectivity index (χ0) is 18.8. The van der Waals surface area contributed by atoms with Crippen molar-refractivity contribution in [3.05, 3.63) is 77.8 Å². The van der Waals surface area contributed by atoms with Crippen LogP contribution in [0, 0.1) is 0 Å². The standard InChI is InChI=1S/C19H20F2N6/c20-19(21)13-4-3-10-27(22)15(13)6-7-16-18-14(24-12-25-18)8-11-26(16)17-5-1-2-9-23-17/h1-6,9-10,12,16,19H,7-8,11,22H2,(H,24,25)/b15-6-/t16-/m0/s1. The minimum atomic E-state index is -2.59. The summed E-state index contributed by atoms with van der Waals surface area (Å²) in [6, 6.07) is 5.63. The number of fused-ring (bicyclic) bond motifs is 1. The number of nitrogens with one attached hydrogen (secondary N) is 1. The molecular weight excluding hydrogens is 350 g/mol. The third-order valence-corrected chi connectivity index (χ3v) is 4.86. The summed E-state index contributed by atoms with van der Waals surface area (Å²) in [5.74, 6) is 6.74. The Morgan fingerprint density at radius 2 is 2.22 bits per heavy atom. The van der Waals surface area contributed by atoms with Gasteiger partial charge in [0.1, 0.15) is 5.82 Å². The number of alkyl halides is 2. The van der Waals surface area contributed by atoms with E-state index in [0.29, 0.717) is 12.1 Å². The summed E-state index contributed by atoms with van der Waals surface area (Å²) in [6.07, 6.45) is 8.38. The molecule has 1 atom stereocenters. The summed E-state index contributed by atoms with van der Waals surface area (Å²) >= 11 is 0. The zero-order valence-electron chi connectivity index (χ0n) is 14.6. The number of nitrogens with two attached hydrogens (primary N) is 1. The topological polar surface area (TPSA) is 74.1 Å². The molecule has 0 saturated carbocycles. The van der Waals surface area contributed by atoms with E-state index in [2.05, 4.69) is 19.9 Å². The number of aromatic amines is 1. The third kappa shape index (κ3) is 3.35. The number of hydrogen-bond donors (Lipinski definition) is 2. The van der Waals surface area contributed by atoms with Crippen LogP contribution < -0.4 is 10.7 Å². The molecule has 4 heterocycles. The molecule has 8 heteroatoms. The van der Waals surface area contributed by atoms with Crippen LogP contribution in [0.3, 0.4) is 0 Å². The van der Waals surface area contributed by atoms with E-state index >= 15 is 0 Å². The number of halogens is 2. The van der Waals surface area contributed by atoms with Gasteiger partial charge in [0.05, 0.1) is 23.8 Å². The van der Waals surface area contributed by atoms with Crippen molar-refractivity contribution in [2.24, 2.45) is 5.84 Å². The van der Waals surface area contributed by atoms with Crippen molar-refractivity contribution in [1.29, 1.82) is 0 Å². The van der Waals surface area contributed by atoms with Crippen molar-refractivity contribution >= 4 is 5.82 Å². The molecule has 0 aliphatic carbocycles. The van der Waals surface area contributed by atoms with Crippen LogP contribution in [-0.4, -0.2) is 32.9 Å². The van der Waals surface area contributed by atoms with Crippen LogP contribution >= 0.6 is 0 Å². The van der Waals surface area contributed by atoms with Gasteiger partial charge in [-0.2, -0.15) is 0 Å². The lowest BCUT2D eigenvalue weighted by molar-refractivity contribution is 0.186. The van der Waals surface area contributed by atoms with Gasteiger partial charge in [0.25, 0.3) is 6.43 Å². The molecule has 2 aromatic rings. The lowest BCUT2D eigenvalue weighted by Gasteiger charge is -2.35. The lowest BCUT2D eigenvalue weighted by Crippen LogP contribution is -2.36. The van der Waals surface area contributed by atoms with E-state index in [9.17, 15) is 8.78 Å². The Kier molecular flexibility index (Phi) is 4.72. The second-order valence-corrected chi connectivity index (χ2v) is 6.41. The molecule has 0 spiro atoms. The molecule has 140 valence electrons. The number of aromatic nitrogens is 3. The van der Waals surface area contributed by atoms with Crippen molar-refractivity contribution in [2.45, 2.75) is 25.3 Å². The predicted molar refractivity (Wildman–Crippen MR) is 98.6 cm³/mol. The average Bonchev–Trinajstić information content (AvgIpc) is 3.16. The molecule has 0 fully saturated rings. The first kappa shape index (κ1) is 17.4. The first-order chi connectivity index (χ1) is 13.1. The van der Waals surface area contributed by atoms with Crippen molar-refractivity contribution < 1.29 is 8.78 Å². The van der Waals surface area contributed by atoms with E-state index in [1.807, 2.05) is 18.2 Å². The fourth-order valence-corrected chi connectivity index (χ4v) is 3.58. The Morgan fingerprint density at radius 3 is 3.00 bits per heavy atom. The van der Waals surface area contributed by atoms with Gasteiger partial charge in [0.2, 0.25) is 0 Å². The molecule has 0 saturated heterocycles. The number of allylic oxidation sites excluding steroid dienone is 3. The molecule has 6 nitrogen and oxygen atoms in total. The van der Waals surface area contributed by atoms with Crippen LogP contribution in [0.15, 0.2) is 66.4 Å². The highest BCUT2D eigenvalue weighted by Crippen LogP contribution is 2.35. The van der Waals surface area contributed by atoms with Crippen LogP contribution in [0.1, 0.15) is 23.9 Å². The van der Waals surface area contributed by atoms with Gasteiger partial charge in [0, 0.05) is 36.6 Å². The monoisotopic (exact) mass is 370 g/mol. The smallest absolute Gasteiger partial charge is 0.265 e. The molecule has 2 aromatic heterocycles. The van der Waals surface area contributed by atoms with Gasteiger partial charge < -0.3 is 9.88 Å². The van der Waals surface area contributed by atoms with E-state index in [-0.39, 0.29) is 11.6 Å². The summed E-state index contributed by atoms with van der Waals surface area (Å²) in [4.78, 5) is 14.3. The molecule has 0 radical (unpaired) electrons. The van der Waals surface area contributed by atoms with Crippen molar-refractivity contribution in [3.8, 4) is 0 Å². The second kappa shape index (κ2) is 7.32. The van der Waals surface area contributed by atoms with Crippen LogP contribution in [-0.2, 0) is 6.42 Å². The van der Waals surface area contributed by atoms with E-state index in [1.54, 1.807) is 24.8 Å². The highest BCUT2D eigenvalue weighted by molar-refractivity contribution is 5.45. The Bertz CT molecular complexity index is 887. The number of nitrogens with zero attached hydrogens (tertiary/aromatic N) is 4. The molecular formula is C19H20F2N6. The number of hydrogen-bond acceptors (Lipinski definition) is 5. The summed E-state index contributed by atoms with van der Waals surface area (Å²) in [6.45, 7) is 0.768. The maximum Gasteiger partial charge on any atom is 0.265 e. The maximum absolute atomic E-state index is 13.4. The van der Waals surface area contributed by atoms with Gasteiger partial charge in [-0.05, 0) is 30.7 Å². The number of pyridine rings is 1. The van der Waals surface area contributed by atoms with E-state index in [1.165, 1.54) is 17.2 Å². The second-order valence-electron chi connectivity index (χ2n) is 6.41. The van der Waals surface area contributed by atoms with E-state index in [0.717, 1.165) is 30.2 Å². The molecule has 3 N–H and O–H groups in total. The fraction of sp³-hybridized carbons (Fsp3) is 0.263. The number of anilines is 1. The van der Waals surface area contributed by atoms with Crippen LogP contribution in [0.2, 0.25) is 0 Å². The lowest BCUT2D eigenvalue weighted by atomic mass is 9.98. The maximum atomic E-state index is 13.4. The normalized spacial score (nSPS) is 21.0. The molecule has 2 aliphatic rings. The number of imidazole rings is 1. The van der Waals surface area contributed by atoms with Gasteiger partial charge in [-0.1, -0.05) is 12.1 Å². The Labute approximate surface area is 155 Å². The van der Waals surface area contributed by atoms with E-state index in [4.69, 9.17) is 5.84 Å². The highest BCUT2D eigenvalue weighted by Gasteiger charge is 2.30. The third-order valence-electron chi connectivity index (χ3n) is 4.86. The summed E-state index contributed by atoms with van der Waals surface area (Å²) in [5.41, 5.74) is 2.23. The molecule has 27 heavy (non-hydrogen) atoms. The zero-order valence-corrected chi connectivity index (χ0v) is 14.6. The van der Waals surface area contributed by atoms with Crippen molar-refractivity contribution in [2.75, 3.05) is 11.4 Å². The molecule has 0 aromatic carbocycles. The Morgan fingerprint density at radius 1 is 1.33 bits per heavy atom. The Balaban J connectivity index is 1.67. The first-order valence-electron chi connectivity index (χ1n) is 8.76. The molecule has 0 unspecified atom stereocenters. The summed E-state index contributed by atoms with van der Waals surface area (Å²) in [5, 5.41) is 1.24. The average molecular weight is 370 g/mol. The summed E-state index contributed by atoms with van der Waals surface area (Å²) in [7, 11) is 0. The molecule has 0 bridgehead atoms. The van der Waals surface area contributed by atoms with Crippen LogP contribution in [0.5, 0.6) is 0 Å². The first-order valence-corrected chi connectivity index (χ1v) is 8.76. The van der Waals surface area contributed by atoms with Gasteiger partial charge >= 0.3 is 0 Å². The Hall–Kier alpha value is -3.00. The molecule has 2 aliphatic heterocycles.